The van der Waals surface area contributed by atoms with E-state index < -0.39 is 57.2 Å². The predicted molar refractivity (Wildman–Crippen MR) is 147 cm³/mol. The Morgan fingerprint density at radius 2 is 1.56 bits per heavy atom. The molecule has 0 aromatic heterocycles. The van der Waals surface area contributed by atoms with Gasteiger partial charge in [-0.1, -0.05) is 54.5 Å². The van der Waals surface area contributed by atoms with Gasteiger partial charge in [-0.25, -0.2) is 4.85 Å². The fourth-order valence-electron chi connectivity index (χ4n) is 12.1. The molecule has 4 saturated carbocycles. The smallest absolute Gasteiger partial charge is 0.319 e. The number of fused-ring (bicyclic) bond motifs is 4. The van der Waals surface area contributed by atoms with Crippen molar-refractivity contribution < 1.29 is 27.6 Å². The van der Waals surface area contributed by atoms with E-state index in [9.17, 15) is 27.6 Å². The number of amides is 1. The van der Waals surface area contributed by atoms with Crippen molar-refractivity contribution >= 4 is 17.5 Å². The number of nitrogens with zero attached hydrogens (tertiary/aromatic N) is 2. The Balaban J connectivity index is 1.59. The van der Waals surface area contributed by atoms with Crippen LogP contribution in [0.2, 0.25) is 0 Å². The lowest BCUT2D eigenvalue weighted by Crippen LogP contribution is -2.78. The summed E-state index contributed by atoms with van der Waals surface area (Å²) in [7, 11) is 0. The van der Waals surface area contributed by atoms with Gasteiger partial charge in [0, 0.05) is 23.2 Å². The zero-order valence-corrected chi connectivity index (χ0v) is 25.4. The molecule has 0 aromatic carbocycles. The summed E-state index contributed by atoms with van der Waals surface area (Å²) in [6.45, 7) is 20.6. The number of hydrogen-bond donors (Lipinski definition) is 0. The van der Waals surface area contributed by atoms with Gasteiger partial charge in [0.25, 0.3) is 0 Å². The first-order valence-electron chi connectivity index (χ1n) is 15.3. The molecule has 41 heavy (non-hydrogen) atoms. The summed E-state index contributed by atoms with van der Waals surface area (Å²) in [5, 5.41) is 0. The minimum Gasteiger partial charge on any atom is -0.319 e. The molecule has 0 aromatic rings. The molecule has 5 nitrogen and oxygen atoms in total. The topological polar surface area (TPSA) is 58.8 Å². The minimum absolute atomic E-state index is 0.0553. The number of hydrogen-bond acceptors (Lipinski definition) is 3. The number of halogens is 3. The Hall–Kier alpha value is -2.17. The first-order valence-corrected chi connectivity index (χ1v) is 15.3. The van der Waals surface area contributed by atoms with Crippen molar-refractivity contribution in [1.82, 2.24) is 4.90 Å². The highest BCUT2D eigenvalue weighted by atomic mass is 19.4. The zero-order valence-electron chi connectivity index (χ0n) is 25.4. The van der Waals surface area contributed by atoms with Crippen LogP contribution in [-0.4, -0.2) is 40.6 Å². The SMILES string of the molecule is [C-]#[N+]C1=C[C@]2(C)[C@H]3CC(=O)[C@]45[C@@H]6CC(C)(C)CC[C@@]6(CC[C@@]4(C)[C@]3(C)CC[C@H]2C(C)(C)C1=O)C(=O)N5CC(F)(F)F. The second kappa shape index (κ2) is 7.85. The van der Waals surface area contributed by atoms with Crippen molar-refractivity contribution in [3.63, 3.8) is 0 Å². The monoisotopic (exact) mass is 572 g/mol. The molecule has 0 radical (unpaired) electrons. The molecule has 1 aliphatic heterocycles. The van der Waals surface area contributed by atoms with Gasteiger partial charge in [-0.15, -0.1) is 0 Å². The molecule has 8 atom stereocenters. The summed E-state index contributed by atoms with van der Waals surface area (Å²) in [5.41, 5.74) is -5.42. The van der Waals surface area contributed by atoms with Gasteiger partial charge in [-0.05, 0) is 73.0 Å². The fourth-order valence-corrected chi connectivity index (χ4v) is 12.1. The number of Topliss-reactive ketones (excluding diaryl/α,β-unsaturated/α-hetero) is 2. The van der Waals surface area contributed by atoms with E-state index in [4.69, 9.17) is 6.57 Å². The summed E-state index contributed by atoms with van der Waals surface area (Å²) in [6, 6.07) is 0. The molecule has 0 N–H and O–H groups in total. The van der Waals surface area contributed by atoms with Gasteiger partial charge in [0.15, 0.2) is 11.6 Å². The van der Waals surface area contributed by atoms with Crippen molar-refractivity contribution in [3.05, 3.63) is 23.2 Å². The van der Waals surface area contributed by atoms with Gasteiger partial charge >= 0.3 is 6.18 Å². The van der Waals surface area contributed by atoms with E-state index in [0.717, 1.165) is 11.3 Å². The number of rotatable bonds is 1. The summed E-state index contributed by atoms with van der Waals surface area (Å²) in [4.78, 5) is 47.3. The van der Waals surface area contributed by atoms with E-state index in [1.807, 2.05) is 20.8 Å². The summed E-state index contributed by atoms with van der Waals surface area (Å²) >= 11 is 0. The second-order valence-corrected chi connectivity index (χ2v) is 16.4. The minimum atomic E-state index is -4.62. The van der Waals surface area contributed by atoms with Crippen LogP contribution in [0.4, 0.5) is 13.2 Å². The third-order valence-corrected chi connectivity index (χ3v) is 14.1. The van der Waals surface area contributed by atoms with E-state index in [2.05, 4.69) is 32.5 Å². The number of carbonyl (C=O) groups is 3. The molecule has 0 unspecified atom stereocenters. The molecule has 6 rings (SSSR count). The Bertz CT molecular complexity index is 1340. The Morgan fingerprint density at radius 1 is 0.927 bits per heavy atom. The van der Waals surface area contributed by atoms with Crippen LogP contribution in [0.15, 0.2) is 11.8 Å². The third kappa shape index (κ3) is 3.12. The van der Waals surface area contributed by atoms with E-state index in [0.29, 0.717) is 38.5 Å². The van der Waals surface area contributed by atoms with Crippen LogP contribution in [0.3, 0.4) is 0 Å². The molecule has 5 aliphatic carbocycles. The van der Waals surface area contributed by atoms with Crippen molar-refractivity contribution in [1.29, 1.82) is 0 Å². The van der Waals surface area contributed by atoms with Crippen LogP contribution in [0.1, 0.15) is 99.8 Å². The molecular weight excluding hydrogens is 529 g/mol. The van der Waals surface area contributed by atoms with E-state index in [1.54, 1.807) is 6.08 Å². The number of ketones is 2. The average molecular weight is 573 g/mol. The highest BCUT2D eigenvalue weighted by Crippen LogP contribution is 2.80. The van der Waals surface area contributed by atoms with Crippen molar-refractivity contribution in [2.75, 3.05) is 6.54 Å². The first-order chi connectivity index (χ1) is 18.7. The van der Waals surface area contributed by atoms with Crippen LogP contribution >= 0.6 is 0 Å². The van der Waals surface area contributed by atoms with Crippen molar-refractivity contribution in [2.45, 2.75) is 112 Å². The lowest BCUT2D eigenvalue weighted by molar-refractivity contribution is -0.242. The summed E-state index contributed by atoms with van der Waals surface area (Å²) in [6.07, 6.45) is 1.43. The highest BCUT2D eigenvalue weighted by Gasteiger charge is 2.84. The van der Waals surface area contributed by atoms with E-state index >= 15 is 0 Å². The quantitative estimate of drug-likeness (QED) is 0.313. The predicted octanol–water partition coefficient (Wildman–Crippen LogP) is 7.17. The van der Waals surface area contributed by atoms with Crippen LogP contribution < -0.4 is 0 Å². The molecule has 8 heteroatoms. The lowest BCUT2D eigenvalue weighted by Gasteiger charge is -2.73. The summed E-state index contributed by atoms with van der Waals surface area (Å²) < 4.78 is 42.9. The molecule has 224 valence electrons. The van der Waals surface area contributed by atoms with Crippen molar-refractivity contribution in [2.24, 2.45) is 50.2 Å². The van der Waals surface area contributed by atoms with Gasteiger partial charge in [-0.3, -0.25) is 9.59 Å². The van der Waals surface area contributed by atoms with Gasteiger partial charge < -0.3 is 9.69 Å². The highest BCUT2D eigenvalue weighted by molar-refractivity contribution is 6.03. The average Bonchev–Trinajstić information content (AvgIpc) is 2.99. The van der Waals surface area contributed by atoms with E-state index in [-0.39, 0.29) is 40.9 Å². The van der Waals surface area contributed by atoms with Crippen LogP contribution in [0.5, 0.6) is 0 Å². The maximum atomic E-state index is 15.0. The molecular formula is C33H43F3N2O3. The number of allylic oxidation sites excluding steroid dienone is 2. The first kappa shape index (κ1) is 28.9. The summed E-state index contributed by atoms with van der Waals surface area (Å²) in [5.74, 6) is -1.68. The molecule has 6 aliphatic rings. The lowest BCUT2D eigenvalue weighted by atomic mass is 9.30. The Kier molecular flexibility index (Phi) is 5.54. The molecule has 1 amide bonds. The Morgan fingerprint density at radius 3 is 2.17 bits per heavy atom. The third-order valence-electron chi connectivity index (χ3n) is 14.1. The Labute approximate surface area is 241 Å². The normalized spacial score (nSPS) is 47.9. The number of alkyl halides is 3. The van der Waals surface area contributed by atoms with Crippen molar-refractivity contribution in [3.8, 4) is 0 Å². The largest absolute Gasteiger partial charge is 0.406 e. The van der Waals surface area contributed by atoms with E-state index in [1.165, 1.54) is 0 Å². The second-order valence-electron chi connectivity index (χ2n) is 16.4. The molecule has 1 spiro atoms. The maximum Gasteiger partial charge on any atom is 0.406 e. The van der Waals surface area contributed by atoms with Gasteiger partial charge in [0.1, 0.15) is 12.1 Å². The molecule has 1 saturated heterocycles. The van der Waals surface area contributed by atoms with Crippen LogP contribution in [-0.2, 0) is 14.4 Å². The van der Waals surface area contributed by atoms with Gasteiger partial charge in [0.05, 0.1) is 12.0 Å². The fraction of sp³-hybridized carbons (Fsp3) is 0.818. The van der Waals surface area contributed by atoms with Gasteiger partial charge in [0.2, 0.25) is 11.6 Å². The number of carbonyl (C=O) groups excluding carboxylic acids is 3. The molecule has 1 heterocycles. The standard InChI is InChI=1S/C33H43F3N2O3/c1-26(2)11-13-31-14-12-30(7)29(6)10-9-20-27(3,4)24(40)19(37-8)16-28(20,5)21(29)15-23(39)33(30,22(31)17-26)38(25(31)41)18-32(34,35)36/h16,20-22H,9-15,17-18H2,1-7H3/t20-,21+,22+,28-,29+,30-,31-,33+/m0/s1. The maximum absolute atomic E-state index is 15.0. The zero-order chi connectivity index (χ0) is 30.4. The molecule has 2 bridgehead atoms. The van der Waals surface area contributed by atoms with Crippen LogP contribution in [0, 0.1) is 56.8 Å². The molecule has 5 fully saturated rings. The van der Waals surface area contributed by atoms with Gasteiger partial charge in [-0.2, -0.15) is 13.2 Å². The van der Waals surface area contributed by atoms with Crippen LogP contribution in [0.25, 0.3) is 4.85 Å². The number of likely N-dealkylation sites (tertiary alicyclic amines) is 1.